The molecule has 1 aromatic rings. The zero-order valence-corrected chi connectivity index (χ0v) is 16.0. The molecule has 2 amide bonds. The fourth-order valence-electron chi connectivity index (χ4n) is 3.53. The zero-order chi connectivity index (χ0) is 18.7. The van der Waals surface area contributed by atoms with Gasteiger partial charge in [0.25, 0.3) is 0 Å². The number of likely N-dealkylation sites (tertiary alicyclic amines) is 1. The van der Waals surface area contributed by atoms with Gasteiger partial charge in [-0.2, -0.15) is 0 Å². The van der Waals surface area contributed by atoms with Crippen molar-refractivity contribution in [1.82, 2.24) is 4.90 Å². The van der Waals surface area contributed by atoms with E-state index in [1.54, 1.807) is 4.90 Å². The zero-order valence-electron chi connectivity index (χ0n) is 16.0. The molecule has 0 aromatic heterocycles. The molecule has 2 fully saturated rings. The molecule has 2 aliphatic heterocycles. The molecule has 0 saturated carbocycles. The molecule has 0 bridgehead atoms. The van der Waals surface area contributed by atoms with E-state index in [2.05, 4.69) is 10.2 Å². The highest BCUT2D eigenvalue weighted by atomic mass is 16.6. The fourth-order valence-corrected chi connectivity index (χ4v) is 3.53. The number of anilines is 2. The van der Waals surface area contributed by atoms with Crippen molar-refractivity contribution in [2.45, 2.75) is 58.1 Å². The molecule has 6 nitrogen and oxygen atoms in total. The molecule has 142 valence electrons. The third-order valence-corrected chi connectivity index (χ3v) is 4.79. The van der Waals surface area contributed by atoms with Gasteiger partial charge < -0.3 is 15.0 Å². The van der Waals surface area contributed by atoms with Gasteiger partial charge in [0.1, 0.15) is 11.6 Å². The van der Waals surface area contributed by atoms with E-state index in [-0.39, 0.29) is 5.91 Å². The second-order valence-corrected chi connectivity index (χ2v) is 8.06. The van der Waals surface area contributed by atoms with Gasteiger partial charge in [0.05, 0.1) is 0 Å². The lowest BCUT2D eigenvalue weighted by atomic mass is 10.2. The first-order valence-electron chi connectivity index (χ1n) is 9.49. The largest absolute Gasteiger partial charge is 0.444 e. The van der Waals surface area contributed by atoms with Crippen molar-refractivity contribution in [2.24, 2.45) is 0 Å². The van der Waals surface area contributed by atoms with Crippen LogP contribution in [0.1, 0.15) is 46.5 Å². The van der Waals surface area contributed by atoms with Crippen LogP contribution in [0, 0.1) is 0 Å². The van der Waals surface area contributed by atoms with Gasteiger partial charge in [0.2, 0.25) is 5.91 Å². The molecular weight excluding hydrogens is 330 g/mol. The van der Waals surface area contributed by atoms with Crippen LogP contribution in [0.5, 0.6) is 0 Å². The number of hydrogen-bond donors (Lipinski definition) is 1. The van der Waals surface area contributed by atoms with Gasteiger partial charge >= 0.3 is 6.09 Å². The summed E-state index contributed by atoms with van der Waals surface area (Å²) < 4.78 is 5.43. The number of ether oxygens (including phenoxy) is 1. The van der Waals surface area contributed by atoms with E-state index >= 15 is 0 Å². The number of rotatable bonds is 3. The van der Waals surface area contributed by atoms with Crippen LogP contribution in [-0.2, 0) is 9.53 Å². The van der Waals surface area contributed by atoms with Crippen molar-refractivity contribution in [3.05, 3.63) is 24.3 Å². The second kappa shape index (κ2) is 7.56. The van der Waals surface area contributed by atoms with Gasteiger partial charge in [-0.25, -0.2) is 4.79 Å². The highest BCUT2D eigenvalue weighted by Gasteiger charge is 2.36. The molecule has 1 aromatic carbocycles. The number of hydrogen-bond acceptors (Lipinski definition) is 4. The number of amides is 2. The minimum Gasteiger partial charge on any atom is -0.444 e. The summed E-state index contributed by atoms with van der Waals surface area (Å²) in [7, 11) is 0. The summed E-state index contributed by atoms with van der Waals surface area (Å²) in [4.78, 5) is 28.9. The van der Waals surface area contributed by atoms with E-state index in [0.717, 1.165) is 25.2 Å². The monoisotopic (exact) mass is 359 g/mol. The van der Waals surface area contributed by atoms with Crippen molar-refractivity contribution in [1.29, 1.82) is 0 Å². The molecule has 2 aliphatic rings. The van der Waals surface area contributed by atoms with E-state index in [4.69, 9.17) is 4.74 Å². The Bertz CT molecular complexity index is 645. The maximum absolute atomic E-state index is 12.7. The van der Waals surface area contributed by atoms with Gasteiger partial charge in [0, 0.05) is 31.0 Å². The smallest absolute Gasteiger partial charge is 0.410 e. The average Bonchev–Trinajstić information content (AvgIpc) is 3.26. The lowest BCUT2D eigenvalue weighted by Crippen LogP contribution is -2.45. The molecule has 26 heavy (non-hydrogen) atoms. The molecule has 0 unspecified atom stereocenters. The Labute approximate surface area is 155 Å². The summed E-state index contributed by atoms with van der Waals surface area (Å²) in [5, 5.41) is 2.94. The van der Waals surface area contributed by atoms with Crippen LogP contribution < -0.4 is 10.2 Å². The van der Waals surface area contributed by atoms with Crippen LogP contribution in [0.4, 0.5) is 16.2 Å². The SMILES string of the molecule is CC(C)(C)OC(=O)N1CCC[C@H]1C(=O)Nc1ccc(N2CCCC2)cc1. The first-order chi connectivity index (χ1) is 12.3. The quantitative estimate of drug-likeness (QED) is 0.895. The van der Waals surface area contributed by atoms with Gasteiger partial charge in [-0.3, -0.25) is 9.69 Å². The fraction of sp³-hybridized carbons (Fsp3) is 0.600. The van der Waals surface area contributed by atoms with Gasteiger partial charge in [0.15, 0.2) is 0 Å². The first kappa shape index (κ1) is 18.5. The summed E-state index contributed by atoms with van der Waals surface area (Å²) in [6.07, 6.45) is 3.53. The lowest BCUT2D eigenvalue weighted by molar-refractivity contribution is -0.120. The van der Waals surface area contributed by atoms with Gasteiger partial charge in [-0.15, -0.1) is 0 Å². The standard InChI is InChI=1S/C20H29N3O3/c1-20(2,3)26-19(25)23-14-6-7-17(23)18(24)21-15-8-10-16(11-9-15)22-12-4-5-13-22/h8-11,17H,4-7,12-14H2,1-3H3,(H,21,24)/t17-/m0/s1. The van der Waals surface area contributed by atoms with E-state index in [0.29, 0.717) is 13.0 Å². The molecule has 0 aliphatic carbocycles. The van der Waals surface area contributed by atoms with Crippen LogP contribution in [0.25, 0.3) is 0 Å². The average molecular weight is 359 g/mol. The summed E-state index contributed by atoms with van der Waals surface area (Å²) >= 11 is 0. The minimum absolute atomic E-state index is 0.151. The Morgan fingerprint density at radius 3 is 2.31 bits per heavy atom. The Morgan fingerprint density at radius 1 is 1.04 bits per heavy atom. The van der Waals surface area contributed by atoms with Crippen molar-refractivity contribution < 1.29 is 14.3 Å². The molecule has 6 heteroatoms. The van der Waals surface area contributed by atoms with Gasteiger partial charge in [-0.1, -0.05) is 0 Å². The maximum atomic E-state index is 12.7. The van der Waals surface area contributed by atoms with Gasteiger partial charge in [-0.05, 0) is 70.7 Å². The predicted molar refractivity (Wildman–Crippen MR) is 102 cm³/mol. The molecule has 0 spiro atoms. The molecule has 2 heterocycles. The Balaban J connectivity index is 1.60. The molecule has 0 radical (unpaired) electrons. The molecule has 3 rings (SSSR count). The van der Waals surface area contributed by atoms with E-state index in [9.17, 15) is 9.59 Å². The Hall–Kier alpha value is -2.24. The van der Waals surface area contributed by atoms with Crippen LogP contribution in [0.2, 0.25) is 0 Å². The minimum atomic E-state index is -0.563. The van der Waals surface area contributed by atoms with E-state index in [1.165, 1.54) is 18.5 Å². The third kappa shape index (κ3) is 4.48. The van der Waals surface area contributed by atoms with Crippen molar-refractivity contribution in [2.75, 3.05) is 29.9 Å². The van der Waals surface area contributed by atoms with Crippen molar-refractivity contribution >= 4 is 23.4 Å². The predicted octanol–water partition coefficient (Wildman–Crippen LogP) is 3.62. The first-order valence-corrected chi connectivity index (χ1v) is 9.49. The number of carbonyl (C=O) groups excluding carboxylic acids is 2. The molecule has 1 atom stereocenters. The van der Waals surface area contributed by atoms with E-state index in [1.807, 2.05) is 45.0 Å². The van der Waals surface area contributed by atoms with E-state index < -0.39 is 17.7 Å². The van der Waals surface area contributed by atoms with Crippen LogP contribution in [-0.4, -0.2) is 48.2 Å². The Morgan fingerprint density at radius 2 is 1.69 bits per heavy atom. The molecule has 2 saturated heterocycles. The molecular formula is C20H29N3O3. The Kier molecular flexibility index (Phi) is 5.39. The number of nitrogens with zero attached hydrogens (tertiary/aromatic N) is 2. The lowest BCUT2D eigenvalue weighted by Gasteiger charge is -2.28. The maximum Gasteiger partial charge on any atom is 0.410 e. The molecule has 1 N–H and O–H groups in total. The summed E-state index contributed by atoms with van der Waals surface area (Å²) in [6.45, 7) is 8.24. The normalized spacial score (nSPS) is 20.3. The second-order valence-electron chi connectivity index (χ2n) is 8.06. The van der Waals surface area contributed by atoms with Crippen molar-refractivity contribution in [3.63, 3.8) is 0 Å². The number of carbonyl (C=O) groups is 2. The highest BCUT2D eigenvalue weighted by molar-refractivity contribution is 5.97. The summed E-state index contributed by atoms with van der Waals surface area (Å²) in [6, 6.07) is 7.47. The highest BCUT2D eigenvalue weighted by Crippen LogP contribution is 2.24. The number of benzene rings is 1. The van der Waals surface area contributed by atoms with Crippen LogP contribution in [0.3, 0.4) is 0 Å². The topological polar surface area (TPSA) is 61.9 Å². The number of nitrogens with one attached hydrogen (secondary N) is 1. The summed E-state index contributed by atoms with van der Waals surface area (Å²) in [5.74, 6) is -0.151. The van der Waals surface area contributed by atoms with Crippen molar-refractivity contribution in [3.8, 4) is 0 Å². The third-order valence-electron chi connectivity index (χ3n) is 4.79. The van der Waals surface area contributed by atoms with Crippen LogP contribution in [0.15, 0.2) is 24.3 Å². The summed E-state index contributed by atoms with van der Waals surface area (Å²) in [5.41, 5.74) is 1.39. The van der Waals surface area contributed by atoms with Crippen LogP contribution >= 0.6 is 0 Å².